The fourth-order valence-corrected chi connectivity index (χ4v) is 2.87. The van der Waals surface area contributed by atoms with Crippen molar-refractivity contribution in [3.63, 3.8) is 0 Å². The third-order valence-corrected chi connectivity index (χ3v) is 4.12. The van der Waals surface area contributed by atoms with Crippen LogP contribution in [0.25, 0.3) is 0 Å². The van der Waals surface area contributed by atoms with Gasteiger partial charge in [-0.05, 0) is 57.5 Å². The minimum atomic E-state index is -0.300. The van der Waals surface area contributed by atoms with Gasteiger partial charge in [-0.3, -0.25) is 15.0 Å². The Morgan fingerprint density at radius 1 is 1.24 bits per heavy atom. The average molecular weight is 419 g/mol. The van der Waals surface area contributed by atoms with Crippen molar-refractivity contribution in [3.8, 4) is 5.75 Å². The van der Waals surface area contributed by atoms with E-state index in [1.54, 1.807) is 30.7 Å². The number of thiazole rings is 1. The SMILES string of the molecule is CCOC(=O)Cc1csc(NN=Cc2ccc(OCC(=O)NC(C)(C)C)cc2)n1. The molecule has 1 aromatic carbocycles. The predicted molar refractivity (Wildman–Crippen MR) is 114 cm³/mol. The van der Waals surface area contributed by atoms with Crippen LogP contribution in [0.4, 0.5) is 5.13 Å². The number of hydrogen-bond acceptors (Lipinski definition) is 8. The molecule has 29 heavy (non-hydrogen) atoms. The molecule has 0 spiro atoms. The molecule has 0 saturated heterocycles. The Labute approximate surface area is 174 Å². The fraction of sp³-hybridized carbons (Fsp3) is 0.400. The van der Waals surface area contributed by atoms with E-state index in [0.29, 0.717) is 23.2 Å². The fourth-order valence-electron chi connectivity index (χ4n) is 2.21. The quantitative estimate of drug-likeness (QED) is 0.369. The Balaban J connectivity index is 1.79. The molecule has 8 nitrogen and oxygen atoms in total. The van der Waals surface area contributed by atoms with Gasteiger partial charge in [0.25, 0.3) is 5.91 Å². The molecule has 0 radical (unpaired) electrons. The smallest absolute Gasteiger partial charge is 0.311 e. The molecule has 2 N–H and O–H groups in total. The Morgan fingerprint density at radius 3 is 2.62 bits per heavy atom. The Bertz CT molecular complexity index is 841. The summed E-state index contributed by atoms with van der Waals surface area (Å²) in [5.41, 5.74) is 4.04. The first-order chi connectivity index (χ1) is 13.7. The van der Waals surface area contributed by atoms with Gasteiger partial charge in [-0.2, -0.15) is 5.10 Å². The summed E-state index contributed by atoms with van der Waals surface area (Å²) >= 11 is 1.36. The molecule has 1 amide bonds. The van der Waals surface area contributed by atoms with Gasteiger partial charge in [0.05, 0.1) is 24.9 Å². The zero-order chi connectivity index (χ0) is 21.3. The van der Waals surface area contributed by atoms with Crippen molar-refractivity contribution >= 4 is 34.6 Å². The molecule has 1 heterocycles. The molecule has 0 fully saturated rings. The van der Waals surface area contributed by atoms with Crippen LogP contribution in [0.2, 0.25) is 0 Å². The highest BCUT2D eigenvalue weighted by atomic mass is 32.1. The van der Waals surface area contributed by atoms with Crippen LogP contribution in [0.1, 0.15) is 39.0 Å². The number of nitrogens with one attached hydrogen (secondary N) is 2. The Kier molecular flexibility index (Phi) is 8.14. The van der Waals surface area contributed by atoms with Crippen LogP contribution in [0.15, 0.2) is 34.7 Å². The molecular weight excluding hydrogens is 392 g/mol. The number of carbonyl (C=O) groups excluding carboxylic acids is 2. The molecule has 1 aromatic heterocycles. The Morgan fingerprint density at radius 2 is 1.97 bits per heavy atom. The van der Waals surface area contributed by atoms with Gasteiger partial charge in [0, 0.05) is 10.9 Å². The molecular formula is C20H26N4O4S. The number of anilines is 1. The normalized spacial score (nSPS) is 11.3. The van der Waals surface area contributed by atoms with E-state index in [9.17, 15) is 9.59 Å². The summed E-state index contributed by atoms with van der Waals surface area (Å²) in [6.07, 6.45) is 1.79. The number of hydrazone groups is 1. The number of rotatable bonds is 9. The number of aromatic nitrogens is 1. The molecule has 0 aliphatic heterocycles. The lowest BCUT2D eigenvalue weighted by Gasteiger charge is -2.20. The summed E-state index contributed by atoms with van der Waals surface area (Å²) < 4.78 is 10.4. The monoisotopic (exact) mass is 418 g/mol. The van der Waals surface area contributed by atoms with Gasteiger partial charge in [-0.25, -0.2) is 4.98 Å². The van der Waals surface area contributed by atoms with E-state index in [2.05, 4.69) is 20.8 Å². The molecule has 2 rings (SSSR count). The van der Waals surface area contributed by atoms with Crippen molar-refractivity contribution in [1.29, 1.82) is 0 Å². The highest BCUT2D eigenvalue weighted by Crippen LogP contribution is 2.16. The number of ether oxygens (including phenoxy) is 2. The maximum Gasteiger partial charge on any atom is 0.311 e. The average Bonchev–Trinajstić information content (AvgIpc) is 3.07. The van der Waals surface area contributed by atoms with Crippen LogP contribution in [0, 0.1) is 0 Å². The van der Waals surface area contributed by atoms with Crippen molar-refractivity contribution in [2.75, 3.05) is 18.6 Å². The van der Waals surface area contributed by atoms with Gasteiger partial charge in [-0.1, -0.05) is 0 Å². The van der Waals surface area contributed by atoms with Gasteiger partial charge in [0.15, 0.2) is 6.61 Å². The second-order valence-electron chi connectivity index (χ2n) is 7.15. The molecule has 2 aromatic rings. The summed E-state index contributed by atoms with van der Waals surface area (Å²) in [4.78, 5) is 27.5. The van der Waals surface area contributed by atoms with Gasteiger partial charge in [0.2, 0.25) is 5.13 Å². The maximum absolute atomic E-state index is 11.8. The second kappa shape index (κ2) is 10.6. The number of amides is 1. The summed E-state index contributed by atoms with van der Waals surface area (Å²) in [5.74, 6) is 0.131. The lowest BCUT2D eigenvalue weighted by atomic mass is 10.1. The minimum Gasteiger partial charge on any atom is -0.484 e. The standard InChI is InChI=1S/C20H26N4O4S/c1-5-27-18(26)10-15-13-29-19(22-15)24-21-11-14-6-8-16(9-7-14)28-12-17(25)23-20(2,3)4/h6-9,11,13H,5,10,12H2,1-4H3,(H,22,24)(H,23,25). The highest BCUT2D eigenvalue weighted by Gasteiger charge is 2.13. The number of esters is 1. The van der Waals surface area contributed by atoms with Crippen LogP contribution in [-0.4, -0.2) is 41.8 Å². The van der Waals surface area contributed by atoms with Gasteiger partial charge >= 0.3 is 5.97 Å². The lowest BCUT2D eigenvalue weighted by molar-refractivity contribution is -0.142. The predicted octanol–water partition coefficient (Wildman–Crippen LogP) is 2.99. The molecule has 156 valence electrons. The van der Waals surface area contributed by atoms with E-state index >= 15 is 0 Å². The third-order valence-electron chi connectivity index (χ3n) is 3.32. The number of carbonyl (C=O) groups is 2. The summed E-state index contributed by atoms with van der Waals surface area (Å²) in [7, 11) is 0. The van der Waals surface area contributed by atoms with Crippen LogP contribution < -0.4 is 15.5 Å². The number of hydrogen-bond donors (Lipinski definition) is 2. The molecule has 0 aliphatic carbocycles. The Hall–Kier alpha value is -2.94. The molecule has 0 atom stereocenters. The van der Waals surface area contributed by atoms with Crippen molar-refractivity contribution < 1.29 is 19.1 Å². The summed E-state index contributed by atoms with van der Waals surface area (Å²) in [6.45, 7) is 7.83. The van der Waals surface area contributed by atoms with Crippen LogP contribution in [-0.2, 0) is 20.7 Å². The lowest BCUT2D eigenvalue weighted by Crippen LogP contribution is -2.43. The van der Waals surface area contributed by atoms with Crippen molar-refractivity contribution in [1.82, 2.24) is 10.3 Å². The zero-order valence-corrected chi connectivity index (χ0v) is 17.8. The van der Waals surface area contributed by atoms with E-state index < -0.39 is 0 Å². The first kappa shape index (κ1) is 22.4. The summed E-state index contributed by atoms with van der Waals surface area (Å²) in [5, 5.41) is 9.35. The number of nitrogens with zero attached hydrogens (tertiary/aromatic N) is 2. The van der Waals surface area contributed by atoms with Gasteiger partial charge < -0.3 is 14.8 Å². The van der Waals surface area contributed by atoms with Crippen LogP contribution in [0.3, 0.4) is 0 Å². The molecule has 0 bridgehead atoms. The summed E-state index contributed by atoms with van der Waals surface area (Å²) in [6, 6.07) is 7.20. The highest BCUT2D eigenvalue weighted by molar-refractivity contribution is 7.13. The molecule has 0 aliphatic rings. The van der Waals surface area contributed by atoms with Gasteiger partial charge in [0.1, 0.15) is 5.75 Å². The first-order valence-corrected chi connectivity index (χ1v) is 10.1. The largest absolute Gasteiger partial charge is 0.484 e. The molecule has 9 heteroatoms. The van der Waals surface area contributed by atoms with Crippen molar-refractivity contribution in [3.05, 3.63) is 40.9 Å². The van der Waals surface area contributed by atoms with Crippen molar-refractivity contribution in [2.45, 2.75) is 39.7 Å². The van der Waals surface area contributed by atoms with E-state index in [1.165, 1.54) is 11.3 Å². The first-order valence-electron chi connectivity index (χ1n) is 9.18. The second-order valence-corrected chi connectivity index (χ2v) is 8.01. The molecule has 0 saturated carbocycles. The third kappa shape index (κ3) is 8.73. The molecule has 0 unspecified atom stereocenters. The zero-order valence-electron chi connectivity index (χ0n) is 17.0. The van der Waals surface area contributed by atoms with Crippen LogP contribution in [0.5, 0.6) is 5.75 Å². The van der Waals surface area contributed by atoms with E-state index in [1.807, 2.05) is 32.9 Å². The van der Waals surface area contributed by atoms with E-state index in [0.717, 1.165) is 5.56 Å². The number of benzene rings is 1. The van der Waals surface area contributed by atoms with Gasteiger partial charge in [-0.15, -0.1) is 11.3 Å². The minimum absolute atomic E-state index is 0.0373. The topological polar surface area (TPSA) is 102 Å². The van der Waals surface area contributed by atoms with E-state index in [-0.39, 0.29) is 30.4 Å². The van der Waals surface area contributed by atoms with Crippen molar-refractivity contribution in [2.24, 2.45) is 5.10 Å². The maximum atomic E-state index is 11.8. The van der Waals surface area contributed by atoms with E-state index in [4.69, 9.17) is 9.47 Å². The van der Waals surface area contributed by atoms with Crippen LogP contribution >= 0.6 is 11.3 Å².